The number of amides is 1. The minimum absolute atomic E-state index is 0.0957. The van der Waals surface area contributed by atoms with Crippen LogP contribution in [0.2, 0.25) is 0 Å². The number of aryl methyl sites for hydroxylation is 1. The number of anilines is 2. The normalized spacial score (nSPS) is 18.1. The lowest BCUT2D eigenvalue weighted by Gasteiger charge is -2.30. The molecule has 2 aliphatic rings. The first-order chi connectivity index (χ1) is 14.0. The molecule has 0 aromatic heterocycles. The molecule has 7 heteroatoms. The van der Waals surface area contributed by atoms with Gasteiger partial charge in [-0.3, -0.25) is 9.10 Å². The molecule has 1 fully saturated rings. The fourth-order valence-corrected chi connectivity index (χ4v) is 5.50. The summed E-state index contributed by atoms with van der Waals surface area (Å²) in [6.45, 7) is 1.18. The van der Waals surface area contributed by atoms with Crippen molar-refractivity contribution in [3.8, 4) is 5.75 Å². The molecule has 0 spiro atoms. The topological polar surface area (TPSA) is 66.9 Å². The average Bonchev–Trinajstić information content (AvgIpc) is 3.10. The number of carbonyl (C=O) groups excluding carboxylic acids is 1. The SMILES string of the molecule is COc1cccc2c1N(C(=O)/C=C/c1ccc(N3CCCS3(=O)=O)cc1)CCC2. The van der Waals surface area contributed by atoms with Crippen molar-refractivity contribution in [2.75, 3.05) is 35.2 Å². The second-order valence-corrected chi connectivity index (χ2v) is 9.24. The van der Waals surface area contributed by atoms with E-state index in [4.69, 9.17) is 4.74 Å². The Balaban J connectivity index is 1.51. The Kier molecular flexibility index (Phi) is 5.32. The maximum atomic E-state index is 12.9. The summed E-state index contributed by atoms with van der Waals surface area (Å²) in [5.74, 6) is 0.811. The van der Waals surface area contributed by atoms with Crippen molar-refractivity contribution in [2.45, 2.75) is 19.3 Å². The monoisotopic (exact) mass is 412 g/mol. The van der Waals surface area contributed by atoms with Crippen LogP contribution in [0.1, 0.15) is 24.0 Å². The number of para-hydroxylation sites is 1. The van der Waals surface area contributed by atoms with E-state index in [1.807, 2.05) is 30.3 Å². The number of nitrogens with zero attached hydrogens (tertiary/aromatic N) is 2. The molecule has 4 rings (SSSR count). The van der Waals surface area contributed by atoms with E-state index in [9.17, 15) is 13.2 Å². The average molecular weight is 413 g/mol. The Bertz CT molecular complexity index is 1030. The molecule has 2 aliphatic heterocycles. The molecule has 0 radical (unpaired) electrons. The highest BCUT2D eigenvalue weighted by Crippen LogP contribution is 2.36. The van der Waals surface area contributed by atoms with Crippen LogP contribution in [0.5, 0.6) is 5.75 Å². The lowest BCUT2D eigenvalue weighted by Crippen LogP contribution is -2.34. The number of hydrogen-bond acceptors (Lipinski definition) is 4. The van der Waals surface area contributed by atoms with E-state index in [1.54, 1.807) is 36.3 Å². The van der Waals surface area contributed by atoms with Gasteiger partial charge in [0.25, 0.3) is 5.91 Å². The van der Waals surface area contributed by atoms with Gasteiger partial charge >= 0.3 is 0 Å². The number of carbonyl (C=O) groups is 1. The highest BCUT2D eigenvalue weighted by molar-refractivity contribution is 7.93. The molecule has 6 nitrogen and oxygen atoms in total. The van der Waals surface area contributed by atoms with Crippen LogP contribution in [0.3, 0.4) is 0 Å². The van der Waals surface area contributed by atoms with Gasteiger partial charge in [0, 0.05) is 19.2 Å². The van der Waals surface area contributed by atoms with Crippen molar-refractivity contribution in [1.29, 1.82) is 0 Å². The van der Waals surface area contributed by atoms with E-state index in [2.05, 4.69) is 0 Å². The van der Waals surface area contributed by atoms with Crippen LogP contribution in [0.25, 0.3) is 6.08 Å². The molecule has 2 aromatic rings. The lowest BCUT2D eigenvalue weighted by atomic mass is 10.0. The van der Waals surface area contributed by atoms with Crippen LogP contribution in [0.15, 0.2) is 48.5 Å². The Morgan fingerprint density at radius 3 is 2.55 bits per heavy atom. The second kappa shape index (κ2) is 7.91. The van der Waals surface area contributed by atoms with Crippen LogP contribution in [-0.2, 0) is 21.2 Å². The smallest absolute Gasteiger partial charge is 0.251 e. The van der Waals surface area contributed by atoms with Gasteiger partial charge in [-0.05, 0) is 54.7 Å². The van der Waals surface area contributed by atoms with Crippen molar-refractivity contribution in [3.63, 3.8) is 0 Å². The number of sulfonamides is 1. The van der Waals surface area contributed by atoms with E-state index in [0.29, 0.717) is 30.9 Å². The summed E-state index contributed by atoms with van der Waals surface area (Å²) in [5.41, 5.74) is 3.48. The van der Waals surface area contributed by atoms with Gasteiger partial charge in [-0.25, -0.2) is 8.42 Å². The van der Waals surface area contributed by atoms with Crippen molar-refractivity contribution >= 4 is 33.4 Å². The summed E-state index contributed by atoms with van der Waals surface area (Å²) in [4.78, 5) is 14.6. The molecule has 0 bridgehead atoms. The molecule has 1 amide bonds. The number of fused-ring (bicyclic) bond motifs is 1. The summed E-state index contributed by atoms with van der Waals surface area (Å²) in [7, 11) is -1.57. The molecule has 152 valence electrons. The van der Waals surface area contributed by atoms with E-state index < -0.39 is 10.0 Å². The van der Waals surface area contributed by atoms with Gasteiger partial charge in [-0.15, -0.1) is 0 Å². The van der Waals surface area contributed by atoms with Gasteiger partial charge in [0.2, 0.25) is 10.0 Å². The van der Waals surface area contributed by atoms with Crippen molar-refractivity contribution in [3.05, 3.63) is 59.7 Å². The number of benzene rings is 2. The van der Waals surface area contributed by atoms with Gasteiger partial charge in [0.05, 0.1) is 24.2 Å². The van der Waals surface area contributed by atoms with E-state index in [-0.39, 0.29) is 11.7 Å². The number of hydrogen-bond donors (Lipinski definition) is 0. The summed E-state index contributed by atoms with van der Waals surface area (Å²) < 4.78 is 31.0. The third-order valence-corrected chi connectivity index (χ3v) is 7.23. The minimum Gasteiger partial charge on any atom is -0.495 e. The molecule has 0 atom stereocenters. The summed E-state index contributed by atoms with van der Waals surface area (Å²) in [5, 5.41) is 0. The third-order valence-electron chi connectivity index (χ3n) is 5.36. The van der Waals surface area contributed by atoms with Gasteiger partial charge in [-0.2, -0.15) is 0 Å². The first-order valence-corrected chi connectivity index (χ1v) is 11.4. The third kappa shape index (κ3) is 3.87. The Morgan fingerprint density at radius 2 is 1.86 bits per heavy atom. The van der Waals surface area contributed by atoms with Gasteiger partial charge in [-0.1, -0.05) is 24.3 Å². The lowest BCUT2D eigenvalue weighted by molar-refractivity contribution is -0.114. The van der Waals surface area contributed by atoms with Crippen LogP contribution >= 0.6 is 0 Å². The standard InChI is InChI=1S/C22H24N2O4S/c1-28-20-7-2-5-18-6-3-14-23(22(18)20)21(25)13-10-17-8-11-19(12-9-17)24-15-4-16-29(24,26)27/h2,5,7-13H,3-4,6,14-16H2,1H3/b13-10+. The molecule has 2 heterocycles. The first kappa shape index (κ1) is 19.5. The molecule has 1 saturated heterocycles. The molecule has 0 aliphatic carbocycles. The molecule has 29 heavy (non-hydrogen) atoms. The van der Waals surface area contributed by atoms with Crippen molar-refractivity contribution < 1.29 is 17.9 Å². The van der Waals surface area contributed by atoms with Crippen LogP contribution < -0.4 is 13.9 Å². The van der Waals surface area contributed by atoms with E-state index >= 15 is 0 Å². The maximum absolute atomic E-state index is 12.9. The van der Waals surface area contributed by atoms with E-state index in [1.165, 1.54) is 4.31 Å². The van der Waals surface area contributed by atoms with Crippen LogP contribution in [0, 0.1) is 0 Å². The minimum atomic E-state index is -3.19. The molecular weight excluding hydrogens is 388 g/mol. The number of rotatable bonds is 4. The summed E-state index contributed by atoms with van der Waals surface area (Å²) in [6.07, 6.45) is 5.82. The maximum Gasteiger partial charge on any atom is 0.251 e. The highest BCUT2D eigenvalue weighted by atomic mass is 32.2. The van der Waals surface area contributed by atoms with E-state index in [0.717, 1.165) is 29.7 Å². The Labute approximate surface area is 171 Å². The quantitative estimate of drug-likeness (QED) is 0.723. The fourth-order valence-electron chi connectivity index (χ4n) is 3.94. The predicted octanol–water partition coefficient (Wildman–Crippen LogP) is 3.23. The molecule has 2 aromatic carbocycles. The Morgan fingerprint density at radius 1 is 1.07 bits per heavy atom. The molecule has 0 N–H and O–H groups in total. The van der Waals surface area contributed by atoms with Crippen LogP contribution in [0.4, 0.5) is 11.4 Å². The zero-order valence-corrected chi connectivity index (χ0v) is 17.2. The van der Waals surface area contributed by atoms with Gasteiger partial charge in [0.1, 0.15) is 5.75 Å². The van der Waals surface area contributed by atoms with Crippen LogP contribution in [-0.4, -0.2) is 40.3 Å². The Hall–Kier alpha value is -2.80. The zero-order chi connectivity index (χ0) is 20.4. The second-order valence-electron chi connectivity index (χ2n) is 7.23. The summed E-state index contributed by atoms with van der Waals surface area (Å²) >= 11 is 0. The summed E-state index contributed by atoms with van der Waals surface area (Å²) in [6, 6.07) is 13.1. The highest BCUT2D eigenvalue weighted by Gasteiger charge is 2.28. The number of methoxy groups -OCH3 is 1. The van der Waals surface area contributed by atoms with Crippen molar-refractivity contribution in [1.82, 2.24) is 0 Å². The first-order valence-electron chi connectivity index (χ1n) is 9.75. The largest absolute Gasteiger partial charge is 0.495 e. The predicted molar refractivity (Wildman–Crippen MR) is 115 cm³/mol. The van der Waals surface area contributed by atoms with Crippen molar-refractivity contribution in [2.24, 2.45) is 0 Å². The zero-order valence-electron chi connectivity index (χ0n) is 16.4. The van der Waals surface area contributed by atoms with Gasteiger partial charge in [0.15, 0.2) is 0 Å². The van der Waals surface area contributed by atoms with Gasteiger partial charge < -0.3 is 9.64 Å². The fraction of sp³-hybridized carbons (Fsp3) is 0.318. The molecular formula is C22H24N2O4S. The number of ether oxygens (including phenoxy) is 1. The molecule has 0 saturated carbocycles. The molecule has 0 unspecified atom stereocenters.